The van der Waals surface area contributed by atoms with Gasteiger partial charge in [-0.2, -0.15) is 0 Å². The molecule has 0 saturated carbocycles. The van der Waals surface area contributed by atoms with E-state index >= 15 is 0 Å². The van der Waals surface area contributed by atoms with Crippen LogP contribution in [0.15, 0.2) is 30.3 Å². The molecule has 3 rings (SSSR count). The van der Waals surface area contributed by atoms with Crippen LogP contribution in [0.5, 0.6) is 0 Å². The Morgan fingerprint density at radius 3 is 2.22 bits per heavy atom. The molecule has 0 fully saturated rings. The first kappa shape index (κ1) is 15.6. The molecule has 2 N–H and O–H groups in total. The van der Waals surface area contributed by atoms with Crippen LogP contribution in [0.1, 0.15) is 43.0 Å². The molecule has 0 unspecified atom stereocenters. The first-order chi connectivity index (χ1) is 10.7. The minimum Gasteiger partial charge on any atom is -0.325 e. The summed E-state index contributed by atoms with van der Waals surface area (Å²) in [5, 5.41) is 3.45. The molecule has 3 aromatic rings. The molecule has 1 aromatic heterocycles. The van der Waals surface area contributed by atoms with E-state index in [4.69, 9.17) is 0 Å². The van der Waals surface area contributed by atoms with Gasteiger partial charge in [-0.1, -0.05) is 44.5 Å². The number of aryl methyl sites for hydroxylation is 3. The van der Waals surface area contributed by atoms with Crippen molar-refractivity contribution in [1.82, 2.24) is 9.97 Å². The normalized spacial score (nSPS) is 11.9. The van der Waals surface area contributed by atoms with Gasteiger partial charge in [-0.25, -0.2) is 4.98 Å². The highest BCUT2D eigenvalue weighted by Gasteiger charge is 2.15. The van der Waals surface area contributed by atoms with Gasteiger partial charge < -0.3 is 10.3 Å². The molecule has 0 atom stereocenters. The lowest BCUT2D eigenvalue weighted by Gasteiger charge is -2.18. The third kappa shape index (κ3) is 3.09. The number of rotatable bonds is 2. The van der Waals surface area contributed by atoms with Gasteiger partial charge in [0.25, 0.3) is 0 Å². The Kier molecular flexibility index (Phi) is 3.67. The van der Waals surface area contributed by atoms with E-state index in [1.807, 2.05) is 0 Å². The minimum atomic E-state index is 0.136. The molecule has 0 amide bonds. The molecular weight excluding hydrogens is 282 g/mol. The summed E-state index contributed by atoms with van der Waals surface area (Å²) in [5.41, 5.74) is 8.39. The van der Waals surface area contributed by atoms with Crippen molar-refractivity contribution in [2.45, 2.75) is 47.0 Å². The Labute approximate surface area is 138 Å². The number of nitrogens with zero attached hydrogens (tertiary/aromatic N) is 1. The highest BCUT2D eigenvalue weighted by Crippen LogP contribution is 2.28. The van der Waals surface area contributed by atoms with Gasteiger partial charge in [0.1, 0.15) is 0 Å². The predicted molar refractivity (Wildman–Crippen MR) is 98.7 cm³/mol. The van der Waals surface area contributed by atoms with Crippen LogP contribution >= 0.6 is 0 Å². The second kappa shape index (κ2) is 5.41. The lowest BCUT2D eigenvalue weighted by Crippen LogP contribution is -2.10. The van der Waals surface area contributed by atoms with E-state index in [0.717, 1.165) is 22.7 Å². The highest BCUT2D eigenvalue weighted by atomic mass is 15.1. The zero-order chi connectivity index (χ0) is 16.8. The maximum atomic E-state index is 4.67. The molecule has 1 heterocycles. The first-order valence-electron chi connectivity index (χ1n) is 8.09. The summed E-state index contributed by atoms with van der Waals surface area (Å²) in [7, 11) is 0. The van der Waals surface area contributed by atoms with Crippen LogP contribution < -0.4 is 5.32 Å². The molecule has 3 nitrogen and oxygen atoms in total. The lowest BCUT2D eigenvalue weighted by atomic mass is 9.87. The average Bonchev–Trinajstić information content (AvgIpc) is 2.83. The molecule has 120 valence electrons. The van der Waals surface area contributed by atoms with Gasteiger partial charge in [0.05, 0.1) is 11.0 Å². The molecule has 0 saturated heterocycles. The Morgan fingerprint density at radius 1 is 0.957 bits per heavy atom. The number of aromatic nitrogens is 2. The number of anilines is 2. The van der Waals surface area contributed by atoms with Crippen LogP contribution in [0.4, 0.5) is 11.6 Å². The number of aromatic amines is 1. The number of imidazole rings is 1. The van der Waals surface area contributed by atoms with Crippen molar-refractivity contribution in [2.24, 2.45) is 0 Å². The summed E-state index contributed by atoms with van der Waals surface area (Å²) in [5.74, 6) is 0.793. The van der Waals surface area contributed by atoms with E-state index in [1.54, 1.807) is 0 Å². The molecule has 0 radical (unpaired) electrons. The Hall–Kier alpha value is -2.29. The molecule has 3 heteroatoms. The fourth-order valence-electron chi connectivity index (χ4n) is 3.03. The lowest BCUT2D eigenvalue weighted by molar-refractivity contribution is 0.591. The third-order valence-electron chi connectivity index (χ3n) is 4.27. The van der Waals surface area contributed by atoms with Gasteiger partial charge >= 0.3 is 0 Å². The smallest absolute Gasteiger partial charge is 0.205 e. The number of benzene rings is 2. The second-order valence-electron chi connectivity index (χ2n) is 7.47. The quantitative estimate of drug-likeness (QED) is 0.653. The van der Waals surface area contributed by atoms with Crippen LogP contribution in [-0.4, -0.2) is 9.97 Å². The SMILES string of the molecule is Cc1cc(C)c(Nc2nc3ccc(C(C)(C)C)cc3[nH]2)c(C)c1. The summed E-state index contributed by atoms with van der Waals surface area (Å²) in [4.78, 5) is 8.07. The maximum Gasteiger partial charge on any atom is 0.205 e. The Morgan fingerprint density at radius 2 is 1.61 bits per heavy atom. The summed E-state index contributed by atoms with van der Waals surface area (Å²) < 4.78 is 0. The number of fused-ring (bicyclic) bond motifs is 1. The molecule has 2 aromatic carbocycles. The summed E-state index contributed by atoms with van der Waals surface area (Å²) >= 11 is 0. The van der Waals surface area contributed by atoms with Crippen LogP contribution in [0.25, 0.3) is 11.0 Å². The zero-order valence-electron chi connectivity index (χ0n) is 14.8. The molecule has 0 aliphatic heterocycles. The van der Waals surface area contributed by atoms with Gasteiger partial charge in [0.2, 0.25) is 5.95 Å². The first-order valence-corrected chi connectivity index (χ1v) is 8.09. The van der Waals surface area contributed by atoms with Crippen molar-refractivity contribution < 1.29 is 0 Å². The maximum absolute atomic E-state index is 4.67. The topological polar surface area (TPSA) is 40.7 Å². The predicted octanol–water partition coefficient (Wildman–Crippen LogP) is 5.53. The minimum absolute atomic E-state index is 0.136. The standard InChI is InChI=1S/C20H25N3/c1-12-9-13(2)18(14(3)10-12)23-19-21-16-8-7-15(20(4,5)6)11-17(16)22-19/h7-11H,1-6H3,(H2,21,22,23). The van der Waals surface area contributed by atoms with Crippen molar-refractivity contribution in [3.63, 3.8) is 0 Å². The van der Waals surface area contributed by atoms with E-state index in [1.165, 1.54) is 22.3 Å². The van der Waals surface area contributed by atoms with Crippen molar-refractivity contribution >= 4 is 22.7 Å². The summed E-state index contributed by atoms with van der Waals surface area (Å²) in [6, 6.07) is 10.8. The monoisotopic (exact) mass is 307 g/mol. The third-order valence-corrected chi connectivity index (χ3v) is 4.27. The number of H-pyrrole nitrogens is 1. The summed E-state index contributed by atoms with van der Waals surface area (Å²) in [6.07, 6.45) is 0. The fourth-order valence-corrected chi connectivity index (χ4v) is 3.03. The highest BCUT2D eigenvalue weighted by molar-refractivity contribution is 5.80. The van der Waals surface area contributed by atoms with Gasteiger partial charge in [-0.3, -0.25) is 0 Å². The molecule has 0 spiro atoms. The molecule has 0 bridgehead atoms. The largest absolute Gasteiger partial charge is 0.325 e. The van der Waals surface area contributed by atoms with Gasteiger partial charge in [0.15, 0.2) is 0 Å². The van der Waals surface area contributed by atoms with E-state index in [0.29, 0.717) is 0 Å². The van der Waals surface area contributed by atoms with E-state index in [2.05, 4.69) is 87.2 Å². The number of hydrogen-bond acceptors (Lipinski definition) is 2. The van der Waals surface area contributed by atoms with Gasteiger partial charge in [-0.05, 0) is 55.0 Å². The Bertz CT molecular complexity index is 843. The molecule has 0 aliphatic rings. The zero-order valence-corrected chi connectivity index (χ0v) is 14.8. The van der Waals surface area contributed by atoms with Crippen LogP contribution in [0.3, 0.4) is 0 Å². The van der Waals surface area contributed by atoms with Crippen molar-refractivity contribution in [3.05, 3.63) is 52.6 Å². The molecule has 0 aliphatic carbocycles. The average molecular weight is 307 g/mol. The molecular formula is C20H25N3. The van der Waals surface area contributed by atoms with Crippen LogP contribution in [-0.2, 0) is 5.41 Å². The van der Waals surface area contributed by atoms with E-state index in [-0.39, 0.29) is 5.41 Å². The molecule has 23 heavy (non-hydrogen) atoms. The van der Waals surface area contributed by atoms with Crippen molar-refractivity contribution in [2.75, 3.05) is 5.32 Å². The van der Waals surface area contributed by atoms with Crippen molar-refractivity contribution in [1.29, 1.82) is 0 Å². The van der Waals surface area contributed by atoms with Crippen LogP contribution in [0.2, 0.25) is 0 Å². The second-order valence-corrected chi connectivity index (χ2v) is 7.47. The summed E-state index contributed by atoms with van der Waals surface area (Å²) in [6.45, 7) is 13.1. The number of hydrogen-bond donors (Lipinski definition) is 2. The van der Waals surface area contributed by atoms with Gasteiger partial charge in [-0.15, -0.1) is 0 Å². The van der Waals surface area contributed by atoms with E-state index in [9.17, 15) is 0 Å². The Balaban J connectivity index is 1.99. The van der Waals surface area contributed by atoms with E-state index < -0.39 is 0 Å². The number of nitrogens with one attached hydrogen (secondary N) is 2. The fraction of sp³-hybridized carbons (Fsp3) is 0.350. The van der Waals surface area contributed by atoms with Crippen molar-refractivity contribution in [3.8, 4) is 0 Å². The van der Waals surface area contributed by atoms with Crippen LogP contribution in [0, 0.1) is 20.8 Å². The van der Waals surface area contributed by atoms with Gasteiger partial charge in [0, 0.05) is 5.69 Å².